The predicted octanol–water partition coefficient (Wildman–Crippen LogP) is -1.55. The van der Waals surface area contributed by atoms with E-state index < -0.39 is 37.2 Å². The van der Waals surface area contributed by atoms with Gasteiger partial charge in [0.15, 0.2) is 5.96 Å². The first-order valence-electron chi connectivity index (χ1n) is 6.24. The van der Waals surface area contributed by atoms with Crippen LogP contribution >= 0.6 is 0 Å². The van der Waals surface area contributed by atoms with Gasteiger partial charge >= 0.3 is 5.97 Å². The van der Waals surface area contributed by atoms with Gasteiger partial charge in [-0.05, 0) is 12.7 Å². The minimum absolute atomic E-state index is 0.868. The van der Waals surface area contributed by atoms with Crippen molar-refractivity contribution in [2.45, 2.75) is 18.8 Å². The highest BCUT2D eigenvalue weighted by atomic mass is 16.4. The van der Waals surface area contributed by atoms with Crippen LogP contribution in [0.25, 0.3) is 0 Å². The Labute approximate surface area is 80.3 Å². The minimum Gasteiger partial charge on any atom is -0.480 e. The summed E-state index contributed by atoms with van der Waals surface area (Å²) in [6.45, 7) is -3.32. The number of rotatable bonds is 5. The number of carbonyl (C=O) groups is 1. The van der Waals surface area contributed by atoms with Gasteiger partial charge in [-0.2, -0.15) is 0 Å². The molecule has 0 aliphatic rings. The Hall–Kier alpha value is -1.30. The van der Waals surface area contributed by atoms with Crippen molar-refractivity contribution in [3.8, 4) is 0 Å². The van der Waals surface area contributed by atoms with Gasteiger partial charge in [0.05, 0.1) is 4.11 Å². The number of carboxylic acid groups (broad SMARTS) is 1. The van der Waals surface area contributed by atoms with Crippen LogP contribution in [0.4, 0.5) is 0 Å². The fourth-order valence-corrected chi connectivity index (χ4v) is 0.241. The van der Waals surface area contributed by atoms with Gasteiger partial charge in [0.25, 0.3) is 0 Å². The van der Waals surface area contributed by atoms with Crippen LogP contribution in [0.5, 0.6) is 0 Å². The Morgan fingerprint density at radius 1 is 1.75 bits per heavy atom. The molecule has 0 aromatic heterocycles. The third-order valence-electron chi connectivity index (χ3n) is 0.668. The van der Waals surface area contributed by atoms with Crippen LogP contribution < -0.4 is 17.2 Å². The highest BCUT2D eigenvalue weighted by molar-refractivity contribution is 5.75. The molecule has 0 aromatic carbocycles. The Morgan fingerprint density at radius 3 is 2.75 bits per heavy atom. The van der Waals surface area contributed by atoms with Crippen molar-refractivity contribution in [3.05, 3.63) is 0 Å². The van der Waals surface area contributed by atoms with Crippen LogP contribution in [0, 0.1) is 0 Å². The van der Waals surface area contributed by atoms with Crippen molar-refractivity contribution in [1.82, 2.24) is 0 Å². The third kappa shape index (κ3) is 5.48. The Kier molecular flexibility index (Phi) is 1.61. The summed E-state index contributed by atoms with van der Waals surface area (Å²) in [6, 6.07) is -3.44. The SMILES string of the molecule is [2H]C([2H])(N=C(N)N)C([2H])([2H])C([2H])([2H])[C@]([2H])(N)C(=O)O. The first kappa shape index (κ1) is 3.61. The number of nitrogens with zero attached hydrogens (tertiary/aromatic N) is 1. The van der Waals surface area contributed by atoms with Crippen molar-refractivity contribution in [2.24, 2.45) is 22.2 Å². The summed E-state index contributed by atoms with van der Waals surface area (Å²) >= 11 is 0. The van der Waals surface area contributed by atoms with Gasteiger partial charge < -0.3 is 22.3 Å². The van der Waals surface area contributed by atoms with Crippen LogP contribution in [0.15, 0.2) is 4.99 Å². The van der Waals surface area contributed by atoms with E-state index in [4.69, 9.17) is 31.9 Å². The summed E-state index contributed by atoms with van der Waals surface area (Å²) < 4.78 is 51.4. The van der Waals surface area contributed by atoms with E-state index in [-0.39, 0.29) is 0 Å². The van der Waals surface area contributed by atoms with Crippen LogP contribution in [-0.2, 0) is 4.79 Å². The zero-order valence-electron chi connectivity index (χ0n) is 13.0. The number of nitrogens with two attached hydrogens (primary N) is 3. The lowest BCUT2D eigenvalue weighted by Crippen LogP contribution is -2.30. The summed E-state index contributed by atoms with van der Waals surface area (Å²) in [5, 5.41) is 8.66. The van der Waals surface area contributed by atoms with Gasteiger partial charge in [0, 0.05) is 12.0 Å². The second-order valence-corrected chi connectivity index (χ2v) is 1.62. The lowest BCUT2D eigenvalue weighted by atomic mass is 10.2. The van der Waals surface area contributed by atoms with Gasteiger partial charge in [-0.3, -0.25) is 9.79 Å². The number of carboxylic acids is 1. The molecule has 0 unspecified atom stereocenters. The van der Waals surface area contributed by atoms with E-state index in [0.29, 0.717) is 0 Å². The van der Waals surface area contributed by atoms with Crippen molar-refractivity contribution in [3.63, 3.8) is 0 Å². The molecule has 0 amide bonds. The molecule has 12 heavy (non-hydrogen) atoms. The molecule has 0 aliphatic carbocycles. The zero-order chi connectivity index (χ0) is 15.9. The van der Waals surface area contributed by atoms with E-state index in [9.17, 15) is 4.79 Å². The third-order valence-corrected chi connectivity index (χ3v) is 0.668. The normalized spacial score (nSPS) is 26.9. The molecule has 0 aromatic rings. The first-order chi connectivity index (χ1) is 8.11. The molecule has 0 saturated heterocycles. The molecule has 1 atom stereocenters. The maximum absolute atomic E-state index is 10.7. The summed E-state index contributed by atoms with van der Waals surface area (Å²) in [4.78, 5) is 13.6. The Bertz CT molecular complexity index is 404. The summed E-state index contributed by atoms with van der Waals surface area (Å²) in [5.74, 6) is -3.03. The maximum atomic E-state index is 10.7. The number of guanidine groups is 1. The van der Waals surface area contributed by atoms with E-state index >= 15 is 0 Å². The molecule has 70 valence electrons. The van der Waals surface area contributed by atoms with Crippen molar-refractivity contribution in [2.75, 3.05) is 6.50 Å². The summed E-state index contributed by atoms with van der Waals surface area (Å²) in [5.41, 5.74) is 14.7. The van der Waals surface area contributed by atoms with Crippen LogP contribution in [-0.4, -0.2) is 29.6 Å². The standard InChI is InChI=1S/C6H14N4O2/c7-4(5(11)12)2-1-3-10-6(8)9/h4H,1-3,7H2,(H,11,12)(H4,8,9,10)/t4-/m0/s1/i1D2,2D2,3D2,4D. The summed E-state index contributed by atoms with van der Waals surface area (Å²) in [7, 11) is 0. The maximum Gasteiger partial charge on any atom is 0.320 e. The number of hydrogen-bond donors (Lipinski definition) is 4. The lowest BCUT2D eigenvalue weighted by molar-refractivity contribution is -0.138. The fourth-order valence-electron chi connectivity index (χ4n) is 0.241. The second kappa shape index (κ2) is 5.36. The monoisotopic (exact) mass is 181 g/mol. The topological polar surface area (TPSA) is 128 Å². The highest BCUT2D eigenvalue weighted by Crippen LogP contribution is 1.94. The quantitative estimate of drug-likeness (QED) is 0.301. The van der Waals surface area contributed by atoms with Crippen molar-refractivity contribution in [1.29, 1.82) is 0 Å². The van der Waals surface area contributed by atoms with Gasteiger partial charge in [-0.25, -0.2) is 0 Å². The molecule has 6 heteroatoms. The molecular formula is C6H14N4O2. The molecule has 0 saturated carbocycles. The van der Waals surface area contributed by atoms with Gasteiger partial charge in [-0.1, -0.05) is 0 Å². The number of aliphatic carboxylic acids is 1. The molecule has 0 fully saturated rings. The molecule has 7 N–H and O–H groups in total. The number of hydrogen-bond acceptors (Lipinski definition) is 3. The average molecular weight is 181 g/mol. The van der Waals surface area contributed by atoms with E-state index in [2.05, 4.69) is 4.99 Å². The molecule has 0 rings (SSSR count). The molecule has 0 radical (unpaired) electrons. The molecular weight excluding hydrogens is 160 g/mol. The van der Waals surface area contributed by atoms with E-state index in [1.54, 1.807) is 0 Å². The molecule has 0 aliphatic heterocycles. The van der Waals surface area contributed by atoms with Gasteiger partial charge in [0.2, 0.25) is 0 Å². The van der Waals surface area contributed by atoms with E-state index in [0.717, 1.165) is 0 Å². The zero-order valence-corrected chi connectivity index (χ0v) is 6.03. The smallest absolute Gasteiger partial charge is 0.320 e. The fraction of sp³-hybridized carbons (Fsp3) is 0.667. The first-order valence-corrected chi connectivity index (χ1v) is 2.74. The second-order valence-electron chi connectivity index (χ2n) is 1.62. The van der Waals surface area contributed by atoms with Gasteiger partial charge in [-0.15, -0.1) is 0 Å². The lowest BCUT2D eigenvalue weighted by Gasteiger charge is -2.03. The van der Waals surface area contributed by atoms with Crippen LogP contribution in [0.3, 0.4) is 0 Å². The Balaban J connectivity index is 5.91. The molecule has 0 bridgehead atoms. The molecule has 0 heterocycles. The molecule has 0 spiro atoms. The summed E-state index contributed by atoms with van der Waals surface area (Å²) in [6.07, 6.45) is -7.22. The predicted molar refractivity (Wildman–Crippen MR) is 45.5 cm³/mol. The van der Waals surface area contributed by atoms with E-state index in [1.807, 2.05) is 0 Å². The van der Waals surface area contributed by atoms with Crippen LogP contribution in [0.1, 0.15) is 22.3 Å². The van der Waals surface area contributed by atoms with E-state index in [1.165, 1.54) is 0 Å². The highest BCUT2D eigenvalue weighted by Gasteiger charge is 2.09. The number of aliphatic imine (C=N–C) groups is 1. The van der Waals surface area contributed by atoms with Crippen molar-refractivity contribution < 1.29 is 19.5 Å². The minimum atomic E-state index is -3.63. The van der Waals surface area contributed by atoms with Crippen LogP contribution in [0.2, 0.25) is 0 Å². The molecule has 6 nitrogen and oxygen atoms in total. The average Bonchev–Trinajstić information content (AvgIpc) is 2.14. The Morgan fingerprint density at radius 2 is 2.33 bits per heavy atom. The largest absolute Gasteiger partial charge is 0.480 e. The van der Waals surface area contributed by atoms with Gasteiger partial charge in [0.1, 0.15) is 6.02 Å². The van der Waals surface area contributed by atoms with Crippen molar-refractivity contribution >= 4 is 11.9 Å².